The maximum Gasteiger partial charge on any atom is 0.339 e. The van der Waals surface area contributed by atoms with Gasteiger partial charge in [0.1, 0.15) is 19.0 Å². The molecule has 0 aliphatic rings. The summed E-state index contributed by atoms with van der Waals surface area (Å²) in [6, 6.07) is 20.5. The molecule has 0 unspecified atom stereocenters. The molecule has 0 atom stereocenters. The normalized spacial score (nSPS) is 10.4. The number of carbonyl (C=O) groups is 2. The lowest BCUT2D eigenvalue weighted by Crippen LogP contribution is -2.16. The zero-order valence-electron chi connectivity index (χ0n) is 14.7. The van der Waals surface area contributed by atoms with Gasteiger partial charge in [-0.15, -0.1) is 0 Å². The minimum Gasteiger partial charge on any atom is -0.490 e. The third-order valence-corrected chi connectivity index (χ3v) is 4.62. The van der Waals surface area contributed by atoms with E-state index in [4.69, 9.17) is 21.1 Å². The van der Waals surface area contributed by atoms with Gasteiger partial charge in [0, 0.05) is 20.6 Å². The van der Waals surface area contributed by atoms with Gasteiger partial charge >= 0.3 is 5.97 Å². The fraction of sp³-hybridized carbons (Fsp3) is 0.0909. The van der Waals surface area contributed by atoms with Crippen molar-refractivity contribution < 1.29 is 19.1 Å². The highest BCUT2D eigenvalue weighted by Crippen LogP contribution is 2.19. The van der Waals surface area contributed by atoms with Gasteiger partial charge in [-0.2, -0.15) is 0 Å². The summed E-state index contributed by atoms with van der Waals surface area (Å²) < 4.78 is 11.7. The summed E-state index contributed by atoms with van der Waals surface area (Å²) in [7, 11) is 0. The van der Waals surface area contributed by atoms with Gasteiger partial charge in [0.05, 0.1) is 5.56 Å². The zero-order valence-corrected chi connectivity index (χ0v) is 17.1. The van der Waals surface area contributed by atoms with Gasteiger partial charge in [-0.1, -0.05) is 51.8 Å². The Hall–Kier alpha value is -2.63. The number of esters is 1. The number of rotatable bonds is 7. The molecule has 3 aromatic carbocycles. The van der Waals surface area contributed by atoms with E-state index in [1.165, 1.54) is 0 Å². The Bertz CT molecular complexity index is 986. The van der Waals surface area contributed by atoms with Crippen molar-refractivity contribution in [3.63, 3.8) is 0 Å². The molecule has 0 N–H and O–H groups in total. The Morgan fingerprint density at radius 1 is 0.857 bits per heavy atom. The number of hydrogen-bond acceptors (Lipinski definition) is 4. The molecule has 6 heteroatoms. The predicted molar refractivity (Wildman–Crippen MR) is 111 cm³/mol. The highest BCUT2D eigenvalue weighted by molar-refractivity contribution is 9.10. The molecule has 0 aliphatic carbocycles. The summed E-state index contributed by atoms with van der Waals surface area (Å²) in [5.41, 5.74) is 0.940. The summed E-state index contributed by atoms with van der Waals surface area (Å²) in [5, 5.41) is 0.537. The first-order chi connectivity index (χ1) is 13.5. The molecule has 0 amide bonds. The van der Waals surface area contributed by atoms with Crippen LogP contribution >= 0.6 is 27.5 Å². The summed E-state index contributed by atoms with van der Waals surface area (Å²) in [6.45, 7) is 0.268. The monoisotopic (exact) mass is 458 g/mol. The van der Waals surface area contributed by atoms with Crippen LogP contribution in [0.2, 0.25) is 5.02 Å². The molecule has 0 heterocycles. The Labute approximate surface area is 176 Å². The second kappa shape index (κ2) is 9.53. The van der Waals surface area contributed by atoms with E-state index in [9.17, 15) is 9.59 Å². The van der Waals surface area contributed by atoms with E-state index in [0.717, 1.165) is 4.47 Å². The van der Waals surface area contributed by atoms with E-state index in [1.54, 1.807) is 48.5 Å². The van der Waals surface area contributed by atoms with Gasteiger partial charge in [0.15, 0.2) is 5.78 Å². The molecule has 0 bridgehead atoms. The second-order valence-electron chi connectivity index (χ2n) is 5.82. The summed E-state index contributed by atoms with van der Waals surface area (Å²) in [6.07, 6.45) is 0. The van der Waals surface area contributed by atoms with Crippen LogP contribution in [0, 0.1) is 0 Å². The van der Waals surface area contributed by atoms with Crippen LogP contribution in [-0.2, 0) is 4.74 Å². The van der Waals surface area contributed by atoms with E-state index in [0.29, 0.717) is 16.3 Å². The SMILES string of the molecule is O=C(OCCOc1cccc(Br)c1)c1ccccc1C(=O)c1ccc(Cl)cc1. The first-order valence-corrected chi connectivity index (χ1v) is 9.66. The van der Waals surface area contributed by atoms with Gasteiger partial charge in [-0.25, -0.2) is 4.79 Å². The van der Waals surface area contributed by atoms with Crippen molar-refractivity contribution >= 4 is 39.3 Å². The molecule has 28 heavy (non-hydrogen) atoms. The van der Waals surface area contributed by atoms with Gasteiger partial charge in [0.2, 0.25) is 0 Å². The topological polar surface area (TPSA) is 52.6 Å². The largest absolute Gasteiger partial charge is 0.490 e. The van der Waals surface area contributed by atoms with E-state index in [2.05, 4.69) is 15.9 Å². The van der Waals surface area contributed by atoms with Gasteiger partial charge in [-0.3, -0.25) is 4.79 Å². The van der Waals surface area contributed by atoms with Gasteiger partial charge in [0.25, 0.3) is 0 Å². The lowest BCUT2D eigenvalue weighted by Gasteiger charge is -2.10. The van der Waals surface area contributed by atoms with Crippen LogP contribution in [0.5, 0.6) is 5.75 Å². The van der Waals surface area contributed by atoms with Crippen LogP contribution in [0.25, 0.3) is 0 Å². The second-order valence-corrected chi connectivity index (χ2v) is 7.18. The number of hydrogen-bond donors (Lipinski definition) is 0. The summed E-state index contributed by atoms with van der Waals surface area (Å²) in [4.78, 5) is 25.2. The molecule has 0 saturated carbocycles. The minimum atomic E-state index is -0.573. The van der Waals surface area contributed by atoms with Gasteiger partial charge in [-0.05, 0) is 48.5 Å². The molecule has 0 spiro atoms. The molecule has 0 fully saturated rings. The maximum absolute atomic E-state index is 12.7. The highest BCUT2D eigenvalue weighted by atomic mass is 79.9. The first kappa shape index (κ1) is 20.1. The van der Waals surface area contributed by atoms with Crippen molar-refractivity contribution in [1.82, 2.24) is 0 Å². The number of ether oxygens (including phenoxy) is 2. The smallest absolute Gasteiger partial charge is 0.339 e. The van der Waals surface area contributed by atoms with Crippen LogP contribution in [0.1, 0.15) is 26.3 Å². The van der Waals surface area contributed by atoms with E-state index < -0.39 is 5.97 Å². The lowest BCUT2D eigenvalue weighted by molar-refractivity contribution is 0.0448. The number of carbonyl (C=O) groups excluding carboxylic acids is 2. The van der Waals surface area contributed by atoms with E-state index in [-0.39, 0.29) is 30.1 Å². The Balaban J connectivity index is 1.64. The van der Waals surface area contributed by atoms with Crippen LogP contribution in [0.15, 0.2) is 77.3 Å². The van der Waals surface area contributed by atoms with E-state index >= 15 is 0 Å². The van der Waals surface area contributed by atoms with Crippen LogP contribution in [0.4, 0.5) is 0 Å². The van der Waals surface area contributed by atoms with Crippen molar-refractivity contribution in [2.45, 2.75) is 0 Å². The molecule has 3 aromatic rings. The zero-order chi connectivity index (χ0) is 19.9. The molecular weight excluding hydrogens is 444 g/mol. The fourth-order valence-corrected chi connectivity index (χ4v) is 3.05. The third-order valence-electron chi connectivity index (χ3n) is 3.88. The van der Waals surface area contributed by atoms with Gasteiger partial charge < -0.3 is 9.47 Å². The molecule has 0 aliphatic heterocycles. The number of ketones is 1. The predicted octanol–water partition coefficient (Wildman–Crippen LogP) is 5.57. The third kappa shape index (κ3) is 5.21. The molecule has 0 aromatic heterocycles. The number of halogens is 2. The standard InChI is InChI=1S/C22H16BrClO4/c23-16-4-3-5-18(14-16)27-12-13-28-22(26)20-7-2-1-6-19(20)21(25)15-8-10-17(24)11-9-15/h1-11,14H,12-13H2. The van der Waals surface area contributed by atoms with E-state index in [1.807, 2.05) is 24.3 Å². The molecule has 0 radical (unpaired) electrons. The Morgan fingerprint density at radius 3 is 2.29 bits per heavy atom. The summed E-state index contributed by atoms with van der Waals surface area (Å²) >= 11 is 9.23. The molecule has 142 valence electrons. The van der Waals surface area contributed by atoms with Crippen LogP contribution in [0.3, 0.4) is 0 Å². The Morgan fingerprint density at radius 2 is 1.57 bits per heavy atom. The van der Waals surface area contributed by atoms with Crippen molar-refractivity contribution in [1.29, 1.82) is 0 Å². The Kier molecular flexibility index (Phi) is 6.85. The van der Waals surface area contributed by atoms with Crippen LogP contribution < -0.4 is 4.74 Å². The lowest BCUT2D eigenvalue weighted by atomic mass is 9.98. The number of benzene rings is 3. The van der Waals surface area contributed by atoms with Crippen LogP contribution in [-0.4, -0.2) is 25.0 Å². The van der Waals surface area contributed by atoms with Crippen molar-refractivity contribution in [2.75, 3.05) is 13.2 Å². The minimum absolute atomic E-state index is 0.0643. The molecule has 3 rings (SSSR count). The quantitative estimate of drug-likeness (QED) is 0.263. The molecule has 0 saturated heterocycles. The van der Waals surface area contributed by atoms with Crippen molar-refractivity contribution in [3.05, 3.63) is 99.0 Å². The summed E-state index contributed by atoms with van der Waals surface area (Å²) in [5.74, 6) is -0.172. The van der Waals surface area contributed by atoms with Crippen molar-refractivity contribution in [2.24, 2.45) is 0 Å². The molecular formula is C22H16BrClO4. The average molecular weight is 460 g/mol. The van der Waals surface area contributed by atoms with Crippen molar-refractivity contribution in [3.8, 4) is 5.75 Å². The average Bonchev–Trinajstić information content (AvgIpc) is 2.71. The fourth-order valence-electron chi connectivity index (χ4n) is 2.54. The maximum atomic E-state index is 12.7. The molecule has 4 nitrogen and oxygen atoms in total. The first-order valence-electron chi connectivity index (χ1n) is 8.49. The highest BCUT2D eigenvalue weighted by Gasteiger charge is 2.19.